The quantitative estimate of drug-likeness (QED) is 0.643. The number of ether oxygens (including phenoxy) is 1. The van der Waals surface area contributed by atoms with Gasteiger partial charge in [-0.3, -0.25) is 14.8 Å². The first-order valence-corrected chi connectivity index (χ1v) is 9.41. The number of carbonyl (C=O) groups is 2. The van der Waals surface area contributed by atoms with Gasteiger partial charge in [-0.05, 0) is 29.7 Å². The minimum atomic E-state index is -0.523. The molecule has 150 valence electrons. The van der Waals surface area contributed by atoms with Gasteiger partial charge in [-0.1, -0.05) is 49.4 Å². The van der Waals surface area contributed by atoms with Crippen molar-refractivity contribution in [1.29, 1.82) is 0 Å². The number of amides is 2. The average Bonchev–Trinajstić information content (AvgIpc) is 3.16. The van der Waals surface area contributed by atoms with E-state index in [1.807, 2.05) is 54.1 Å². The van der Waals surface area contributed by atoms with Crippen molar-refractivity contribution in [1.82, 2.24) is 15.1 Å². The highest BCUT2D eigenvalue weighted by Gasteiger charge is 2.16. The number of methoxy groups -OCH3 is 1. The third kappa shape index (κ3) is 5.22. The van der Waals surface area contributed by atoms with Gasteiger partial charge in [0.15, 0.2) is 0 Å². The zero-order valence-electron chi connectivity index (χ0n) is 16.5. The molecule has 29 heavy (non-hydrogen) atoms. The summed E-state index contributed by atoms with van der Waals surface area (Å²) in [4.78, 5) is 23.9. The lowest BCUT2D eigenvalue weighted by Gasteiger charge is -2.09. The summed E-state index contributed by atoms with van der Waals surface area (Å²) in [7, 11) is 1.31. The second-order valence-electron chi connectivity index (χ2n) is 6.50. The summed E-state index contributed by atoms with van der Waals surface area (Å²) >= 11 is 0. The molecule has 0 spiro atoms. The van der Waals surface area contributed by atoms with Crippen LogP contribution in [0.3, 0.4) is 0 Å². The summed E-state index contributed by atoms with van der Waals surface area (Å²) in [6, 6.07) is 17.2. The van der Waals surface area contributed by atoms with Crippen molar-refractivity contribution < 1.29 is 14.3 Å². The molecule has 3 rings (SSSR count). The molecule has 2 N–H and O–H groups in total. The van der Waals surface area contributed by atoms with Gasteiger partial charge < -0.3 is 10.1 Å². The van der Waals surface area contributed by atoms with E-state index in [4.69, 9.17) is 0 Å². The van der Waals surface area contributed by atoms with E-state index >= 15 is 0 Å². The molecule has 0 aliphatic carbocycles. The van der Waals surface area contributed by atoms with Crippen LogP contribution in [0, 0.1) is 0 Å². The second-order valence-corrected chi connectivity index (χ2v) is 6.50. The zero-order chi connectivity index (χ0) is 20.6. The molecule has 0 bridgehead atoms. The number of rotatable bonds is 7. The number of carbonyl (C=O) groups excluding carboxylic acids is 2. The van der Waals surface area contributed by atoms with Gasteiger partial charge >= 0.3 is 6.09 Å². The SMILES string of the molecule is CCc1c(C(=O)NCc2ccc(NC(=O)OC)cc2)cnn1Cc1ccccc1. The van der Waals surface area contributed by atoms with Gasteiger partial charge in [0.2, 0.25) is 0 Å². The molecule has 1 heterocycles. The van der Waals surface area contributed by atoms with Crippen LogP contribution in [0.5, 0.6) is 0 Å². The highest BCUT2D eigenvalue weighted by atomic mass is 16.5. The van der Waals surface area contributed by atoms with E-state index in [1.165, 1.54) is 7.11 Å². The molecule has 0 radical (unpaired) electrons. The number of benzene rings is 2. The van der Waals surface area contributed by atoms with E-state index in [9.17, 15) is 9.59 Å². The van der Waals surface area contributed by atoms with Crippen LogP contribution in [0.4, 0.5) is 10.5 Å². The Morgan fingerprint density at radius 1 is 1.03 bits per heavy atom. The Balaban J connectivity index is 1.63. The van der Waals surface area contributed by atoms with Crippen molar-refractivity contribution in [3.05, 3.63) is 83.2 Å². The monoisotopic (exact) mass is 392 g/mol. The maximum Gasteiger partial charge on any atom is 0.411 e. The number of anilines is 1. The topological polar surface area (TPSA) is 85.2 Å². The van der Waals surface area contributed by atoms with E-state index in [0.29, 0.717) is 30.8 Å². The smallest absolute Gasteiger partial charge is 0.411 e. The molecule has 0 saturated heterocycles. The van der Waals surface area contributed by atoms with Crippen molar-refractivity contribution in [2.75, 3.05) is 12.4 Å². The molecule has 0 atom stereocenters. The van der Waals surface area contributed by atoms with E-state index in [2.05, 4.69) is 20.5 Å². The Hall–Kier alpha value is -3.61. The third-order valence-corrected chi connectivity index (χ3v) is 4.54. The second kappa shape index (κ2) is 9.54. The highest BCUT2D eigenvalue weighted by Crippen LogP contribution is 2.14. The standard InChI is InChI=1S/C22H24N4O3/c1-3-20-19(14-24-26(20)15-17-7-5-4-6-8-17)21(27)23-13-16-9-11-18(12-10-16)25-22(28)29-2/h4-12,14H,3,13,15H2,1-2H3,(H,23,27)(H,25,28). The highest BCUT2D eigenvalue weighted by molar-refractivity contribution is 5.95. The number of hydrogen-bond acceptors (Lipinski definition) is 4. The predicted octanol–water partition coefficient (Wildman–Crippen LogP) is 3.60. The molecule has 7 nitrogen and oxygen atoms in total. The largest absolute Gasteiger partial charge is 0.453 e. The van der Waals surface area contributed by atoms with Gasteiger partial charge in [0.25, 0.3) is 5.91 Å². The molecule has 2 aromatic carbocycles. The molecule has 0 aliphatic heterocycles. The van der Waals surface area contributed by atoms with Crippen molar-refractivity contribution in [3.8, 4) is 0 Å². The lowest BCUT2D eigenvalue weighted by Crippen LogP contribution is -2.24. The Morgan fingerprint density at radius 3 is 2.41 bits per heavy atom. The Kier molecular flexibility index (Phi) is 6.63. The van der Waals surface area contributed by atoms with Crippen LogP contribution in [0.15, 0.2) is 60.8 Å². The van der Waals surface area contributed by atoms with E-state index in [-0.39, 0.29) is 5.91 Å². The number of hydrogen-bond donors (Lipinski definition) is 2. The fraction of sp³-hybridized carbons (Fsp3) is 0.227. The Morgan fingerprint density at radius 2 is 1.76 bits per heavy atom. The molecule has 0 unspecified atom stereocenters. The minimum Gasteiger partial charge on any atom is -0.453 e. The maximum absolute atomic E-state index is 12.7. The molecule has 0 fully saturated rings. The summed E-state index contributed by atoms with van der Waals surface area (Å²) in [5.74, 6) is -0.155. The first kappa shape index (κ1) is 20.1. The molecular weight excluding hydrogens is 368 g/mol. The van der Waals surface area contributed by atoms with Crippen molar-refractivity contribution >= 4 is 17.7 Å². The number of nitrogens with zero attached hydrogens (tertiary/aromatic N) is 2. The van der Waals surface area contributed by atoms with Gasteiger partial charge in [0.1, 0.15) is 0 Å². The Bertz CT molecular complexity index is 965. The number of aromatic nitrogens is 2. The van der Waals surface area contributed by atoms with Crippen LogP contribution < -0.4 is 10.6 Å². The van der Waals surface area contributed by atoms with Crippen LogP contribution in [0.2, 0.25) is 0 Å². The predicted molar refractivity (Wildman–Crippen MR) is 111 cm³/mol. The first-order valence-electron chi connectivity index (χ1n) is 9.41. The maximum atomic E-state index is 12.7. The van der Waals surface area contributed by atoms with Crippen LogP contribution >= 0.6 is 0 Å². The summed E-state index contributed by atoms with van der Waals surface area (Å²) in [5, 5.41) is 9.93. The molecule has 0 saturated carbocycles. The number of nitrogens with one attached hydrogen (secondary N) is 2. The van der Waals surface area contributed by atoms with Gasteiger partial charge in [-0.2, -0.15) is 5.10 Å². The van der Waals surface area contributed by atoms with Crippen molar-refractivity contribution in [2.45, 2.75) is 26.4 Å². The fourth-order valence-corrected chi connectivity index (χ4v) is 3.02. The molecule has 2 amide bonds. The van der Waals surface area contributed by atoms with Gasteiger partial charge in [0.05, 0.1) is 31.1 Å². The molecule has 3 aromatic rings. The third-order valence-electron chi connectivity index (χ3n) is 4.54. The van der Waals surface area contributed by atoms with Crippen molar-refractivity contribution in [3.63, 3.8) is 0 Å². The Labute approximate surface area is 169 Å². The van der Waals surface area contributed by atoms with Crippen LogP contribution in [-0.2, 0) is 24.2 Å². The first-order chi connectivity index (χ1) is 14.1. The fourth-order valence-electron chi connectivity index (χ4n) is 3.02. The van der Waals surface area contributed by atoms with Crippen LogP contribution in [-0.4, -0.2) is 28.9 Å². The summed E-state index contributed by atoms with van der Waals surface area (Å²) in [6.07, 6.45) is 1.81. The van der Waals surface area contributed by atoms with E-state index < -0.39 is 6.09 Å². The molecule has 1 aromatic heterocycles. The lowest BCUT2D eigenvalue weighted by molar-refractivity contribution is 0.0949. The van der Waals surface area contributed by atoms with E-state index in [1.54, 1.807) is 18.3 Å². The summed E-state index contributed by atoms with van der Waals surface area (Å²) < 4.78 is 6.43. The lowest BCUT2D eigenvalue weighted by atomic mass is 10.1. The van der Waals surface area contributed by atoms with Gasteiger partial charge in [-0.25, -0.2) is 4.79 Å². The van der Waals surface area contributed by atoms with Crippen LogP contribution in [0.1, 0.15) is 34.1 Å². The van der Waals surface area contributed by atoms with Crippen LogP contribution in [0.25, 0.3) is 0 Å². The molecular formula is C22H24N4O3. The average molecular weight is 392 g/mol. The van der Waals surface area contributed by atoms with Gasteiger partial charge in [0, 0.05) is 12.2 Å². The molecule has 7 heteroatoms. The minimum absolute atomic E-state index is 0.155. The van der Waals surface area contributed by atoms with Crippen molar-refractivity contribution in [2.24, 2.45) is 0 Å². The normalized spacial score (nSPS) is 10.4. The van der Waals surface area contributed by atoms with E-state index in [0.717, 1.165) is 16.8 Å². The summed E-state index contributed by atoms with van der Waals surface area (Å²) in [6.45, 7) is 3.03. The zero-order valence-corrected chi connectivity index (χ0v) is 16.5. The summed E-state index contributed by atoms with van der Waals surface area (Å²) in [5.41, 5.74) is 4.18. The molecule has 0 aliphatic rings. The van der Waals surface area contributed by atoms with Gasteiger partial charge in [-0.15, -0.1) is 0 Å².